The smallest absolute Gasteiger partial charge is 0.339 e. The molecule has 0 unspecified atom stereocenters. The minimum absolute atomic E-state index is 0.0552. The van der Waals surface area contributed by atoms with Crippen molar-refractivity contribution in [2.24, 2.45) is 9.50 Å². The summed E-state index contributed by atoms with van der Waals surface area (Å²) in [6.45, 7) is 0.0572. The SMILES string of the molecule is O=C(CCN(/N=C\c1ccc(O)c(C(=O)O)c1)C1=NS(=O)(=O)c2ccccc21)NC1CCCCC1. The third-order valence-electron chi connectivity index (χ3n) is 5.98. The van der Waals surface area contributed by atoms with E-state index in [1.807, 2.05) is 0 Å². The number of sulfonamides is 1. The molecule has 1 aliphatic carbocycles. The van der Waals surface area contributed by atoms with E-state index in [0.717, 1.165) is 25.7 Å². The molecule has 0 spiro atoms. The predicted molar refractivity (Wildman–Crippen MR) is 129 cm³/mol. The zero-order valence-electron chi connectivity index (χ0n) is 18.9. The van der Waals surface area contributed by atoms with Crippen molar-refractivity contribution >= 4 is 33.9 Å². The zero-order valence-corrected chi connectivity index (χ0v) is 19.7. The lowest BCUT2D eigenvalue weighted by molar-refractivity contribution is -0.122. The summed E-state index contributed by atoms with van der Waals surface area (Å²) in [6.07, 6.45) is 6.61. The van der Waals surface area contributed by atoms with Crippen molar-refractivity contribution in [3.8, 4) is 5.75 Å². The van der Waals surface area contributed by atoms with Gasteiger partial charge < -0.3 is 15.5 Å². The Labute approximate surface area is 203 Å². The maximum absolute atomic E-state index is 12.6. The van der Waals surface area contributed by atoms with Crippen molar-refractivity contribution in [3.63, 3.8) is 0 Å². The fraction of sp³-hybridized carbons (Fsp3) is 0.333. The van der Waals surface area contributed by atoms with Crippen LogP contribution < -0.4 is 5.32 Å². The van der Waals surface area contributed by atoms with Gasteiger partial charge in [-0.15, -0.1) is 4.40 Å². The Morgan fingerprint density at radius 1 is 1.14 bits per heavy atom. The lowest BCUT2D eigenvalue weighted by Gasteiger charge is -2.24. The molecule has 10 nitrogen and oxygen atoms in total. The number of hydrazone groups is 1. The topological polar surface area (TPSA) is 149 Å². The van der Waals surface area contributed by atoms with Crippen molar-refractivity contribution in [1.82, 2.24) is 10.3 Å². The number of aromatic hydroxyl groups is 1. The highest BCUT2D eigenvalue weighted by Gasteiger charge is 2.32. The van der Waals surface area contributed by atoms with Gasteiger partial charge in [0.2, 0.25) is 5.91 Å². The largest absolute Gasteiger partial charge is 0.507 e. The van der Waals surface area contributed by atoms with E-state index in [1.165, 1.54) is 41.9 Å². The highest BCUT2D eigenvalue weighted by atomic mass is 32.2. The predicted octanol–water partition coefficient (Wildman–Crippen LogP) is 2.71. The maximum atomic E-state index is 12.6. The van der Waals surface area contributed by atoms with Crippen LogP contribution in [-0.4, -0.2) is 60.2 Å². The van der Waals surface area contributed by atoms with Gasteiger partial charge in [0.1, 0.15) is 16.2 Å². The molecule has 2 aliphatic rings. The van der Waals surface area contributed by atoms with Crippen LogP contribution in [0.25, 0.3) is 0 Å². The average Bonchev–Trinajstić information content (AvgIpc) is 3.11. The second-order valence-corrected chi connectivity index (χ2v) is 10.1. The molecule has 1 fully saturated rings. The van der Waals surface area contributed by atoms with Crippen LogP contribution in [0, 0.1) is 0 Å². The second kappa shape index (κ2) is 10.3. The number of aromatic carboxylic acids is 1. The summed E-state index contributed by atoms with van der Waals surface area (Å²) >= 11 is 0. The van der Waals surface area contributed by atoms with Crippen molar-refractivity contribution in [2.75, 3.05) is 6.54 Å². The molecule has 1 saturated carbocycles. The molecule has 0 bridgehead atoms. The average molecular weight is 499 g/mol. The number of carbonyl (C=O) groups is 2. The number of hydrogen-bond acceptors (Lipinski definition) is 7. The van der Waals surface area contributed by atoms with Crippen molar-refractivity contribution in [2.45, 2.75) is 49.5 Å². The van der Waals surface area contributed by atoms with Gasteiger partial charge in [-0.3, -0.25) is 4.79 Å². The maximum Gasteiger partial charge on any atom is 0.339 e. The summed E-state index contributed by atoms with van der Waals surface area (Å²) in [5.74, 6) is -1.76. The molecule has 2 aromatic carbocycles. The Hall–Kier alpha value is -3.73. The lowest BCUT2D eigenvalue weighted by Crippen LogP contribution is -2.38. The molecular formula is C24H26N4O6S. The zero-order chi connectivity index (χ0) is 25.0. The van der Waals surface area contributed by atoms with Crippen LogP contribution in [0.1, 0.15) is 60.0 Å². The Morgan fingerprint density at radius 3 is 2.63 bits per heavy atom. The quantitative estimate of drug-likeness (QED) is 0.392. The van der Waals surface area contributed by atoms with Crippen molar-refractivity contribution in [1.29, 1.82) is 0 Å². The van der Waals surface area contributed by atoms with Gasteiger partial charge in [0.15, 0.2) is 5.84 Å². The number of amidine groups is 1. The molecule has 1 heterocycles. The van der Waals surface area contributed by atoms with Gasteiger partial charge in [0.05, 0.1) is 12.8 Å². The molecule has 2 aromatic rings. The number of hydrogen-bond donors (Lipinski definition) is 3. The van der Waals surface area contributed by atoms with Crippen LogP contribution in [0.2, 0.25) is 0 Å². The van der Waals surface area contributed by atoms with E-state index in [1.54, 1.807) is 18.2 Å². The third kappa shape index (κ3) is 5.68. The summed E-state index contributed by atoms with van der Waals surface area (Å²) in [6, 6.07) is 10.5. The van der Waals surface area contributed by atoms with E-state index in [-0.39, 0.29) is 47.0 Å². The minimum Gasteiger partial charge on any atom is -0.507 e. The van der Waals surface area contributed by atoms with Crippen molar-refractivity contribution in [3.05, 3.63) is 59.2 Å². The molecule has 1 amide bonds. The molecule has 184 valence electrons. The molecule has 11 heteroatoms. The fourth-order valence-electron chi connectivity index (χ4n) is 4.19. The Kier molecular flexibility index (Phi) is 7.15. The van der Waals surface area contributed by atoms with Gasteiger partial charge in [0, 0.05) is 18.0 Å². The number of fused-ring (bicyclic) bond motifs is 1. The van der Waals surface area contributed by atoms with Crippen LogP contribution in [-0.2, 0) is 14.8 Å². The normalized spacial score (nSPS) is 17.1. The Balaban J connectivity index is 1.59. The number of benzene rings is 2. The number of phenols is 1. The Bertz CT molecular complexity index is 1300. The summed E-state index contributed by atoms with van der Waals surface area (Å²) in [7, 11) is -3.91. The van der Waals surface area contributed by atoms with Crippen LogP contribution in [0.4, 0.5) is 0 Å². The number of carbonyl (C=O) groups excluding carboxylic acids is 1. The first-order valence-corrected chi connectivity index (χ1v) is 12.8. The molecule has 1 aliphatic heterocycles. The van der Waals surface area contributed by atoms with Crippen molar-refractivity contribution < 1.29 is 28.2 Å². The minimum atomic E-state index is -3.91. The number of rotatable bonds is 7. The van der Waals surface area contributed by atoms with Crippen LogP contribution in [0.3, 0.4) is 0 Å². The van der Waals surface area contributed by atoms with Gasteiger partial charge in [-0.05, 0) is 48.7 Å². The lowest BCUT2D eigenvalue weighted by atomic mass is 9.95. The van der Waals surface area contributed by atoms with Gasteiger partial charge in [0.25, 0.3) is 10.0 Å². The van der Waals surface area contributed by atoms with E-state index in [4.69, 9.17) is 0 Å². The van der Waals surface area contributed by atoms with Crippen LogP contribution in [0.5, 0.6) is 5.75 Å². The summed E-state index contributed by atoms with van der Waals surface area (Å²) in [4.78, 5) is 24.0. The molecule has 0 atom stereocenters. The number of amides is 1. The first kappa shape index (κ1) is 24.4. The second-order valence-electron chi connectivity index (χ2n) is 8.49. The third-order valence-corrected chi connectivity index (χ3v) is 7.30. The molecule has 4 rings (SSSR count). The number of carboxylic acid groups (broad SMARTS) is 1. The Morgan fingerprint density at radius 2 is 1.89 bits per heavy atom. The van der Waals surface area contributed by atoms with E-state index < -0.39 is 16.0 Å². The van der Waals surface area contributed by atoms with E-state index in [2.05, 4.69) is 14.8 Å². The van der Waals surface area contributed by atoms with Gasteiger partial charge in [-0.2, -0.15) is 13.5 Å². The number of carboxylic acids is 1. The van der Waals surface area contributed by atoms with E-state index in [0.29, 0.717) is 11.1 Å². The van der Waals surface area contributed by atoms with Gasteiger partial charge in [-0.25, -0.2) is 9.80 Å². The highest BCUT2D eigenvalue weighted by Crippen LogP contribution is 2.28. The van der Waals surface area contributed by atoms with Gasteiger partial charge in [-0.1, -0.05) is 31.4 Å². The molecule has 3 N–H and O–H groups in total. The number of nitrogens with zero attached hydrogens (tertiary/aromatic N) is 3. The van der Waals surface area contributed by atoms with E-state index >= 15 is 0 Å². The standard InChI is InChI=1S/C24H26N4O6S/c29-20-11-10-16(14-19(20)24(31)32)15-25-28(13-12-22(30)26-17-6-2-1-3-7-17)23-18-8-4-5-9-21(18)35(33,34)27-23/h4-5,8-11,14-15,17,29H,1-3,6-7,12-13H2,(H,26,30)(H,31,32)/b25-15-. The number of nitrogens with one attached hydrogen (secondary N) is 1. The fourth-order valence-corrected chi connectivity index (χ4v) is 5.40. The first-order chi connectivity index (χ1) is 16.7. The summed E-state index contributed by atoms with van der Waals surface area (Å²) in [5.41, 5.74) is 0.444. The van der Waals surface area contributed by atoms with Gasteiger partial charge >= 0.3 is 5.97 Å². The molecule has 0 radical (unpaired) electrons. The first-order valence-electron chi connectivity index (χ1n) is 11.4. The van der Waals surface area contributed by atoms with Crippen LogP contribution >= 0.6 is 0 Å². The molecule has 0 saturated heterocycles. The van der Waals surface area contributed by atoms with Crippen LogP contribution in [0.15, 0.2) is 56.9 Å². The highest BCUT2D eigenvalue weighted by molar-refractivity contribution is 7.90. The molecule has 35 heavy (non-hydrogen) atoms. The molecule has 0 aromatic heterocycles. The molecular weight excluding hydrogens is 472 g/mol. The van der Waals surface area contributed by atoms with E-state index in [9.17, 15) is 28.2 Å². The summed E-state index contributed by atoms with van der Waals surface area (Å²) < 4.78 is 29.0. The monoisotopic (exact) mass is 498 g/mol. The summed E-state index contributed by atoms with van der Waals surface area (Å²) in [5, 5.41) is 27.7.